The Labute approximate surface area is 117 Å². The fourth-order valence-corrected chi connectivity index (χ4v) is 2.22. The third-order valence-electron chi connectivity index (χ3n) is 3.35. The summed E-state index contributed by atoms with van der Waals surface area (Å²) in [5, 5.41) is 0. The van der Waals surface area contributed by atoms with Gasteiger partial charge in [-0.3, -0.25) is 0 Å². The number of methoxy groups -OCH3 is 1. The van der Waals surface area contributed by atoms with Crippen LogP contribution in [0.15, 0.2) is 30.3 Å². The minimum Gasteiger partial charge on any atom is -0.496 e. The molecular formula is C16H17F2NO. The van der Waals surface area contributed by atoms with E-state index in [-0.39, 0.29) is 5.56 Å². The van der Waals surface area contributed by atoms with Gasteiger partial charge in [-0.05, 0) is 31.5 Å². The lowest BCUT2D eigenvalue weighted by Gasteiger charge is -2.18. The van der Waals surface area contributed by atoms with Crippen LogP contribution in [0.25, 0.3) is 0 Å². The number of nitrogens with two attached hydrogens (primary N) is 1. The van der Waals surface area contributed by atoms with Crippen LogP contribution in [-0.4, -0.2) is 7.11 Å². The molecule has 0 saturated heterocycles. The molecule has 1 unspecified atom stereocenters. The molecule has 0 aliphatic rings. The largest absolute Gasteiger partial charge is 0.496 e. The van der Waals surface area contributed by atoms with Crippen LogP contribution < -0.4 is 10.5 Å². The lowest BCUT2D eigenvalue weighted by Crippen LogP contribution is -2.17. The molecule has 0 spiro atoms. The Balaban J connectivity index is 2.60. The van der Waals surface area contributed by atoms with E-state index in [0.717, 1.165) is 5.56 Å². The highest BCUT2D eigenvalue weighted by Crippen LogP contribution is 2.32. The van der Waals surface area contributed by atoms with Gasteiger partial charge in [-0.15, -0.1) is 0 Å². The zero-order valence-electron chi connectivity index (χ0n) is 11.7. The molecule has 2 aromatic rings. The normalized spacial score (nSPS) is 12.3. The molecule has 2 nitrogen and oxygen atoms in total. The Morgan fingerprint density at radius 2 is 1.80 bits per heavy atom. The molecule has 0 heterocycles. The van der Waals surface area contributed by atoms with Gasteiger partial charge in [0.15, 0.2) is 0 Å². The summed E-state index contributed by atoms with van der Waals surface area (Å²) in [5.41, 5.74) is 7.82. The number of aryl methyl sites for hydroxylation is 2. The van der Waals surface area contributed by atoms with Crippen molar-refractivity contribution in [2.45, 2.75) is 19.9 Å². The summed E-state index contributed by atoms with van der Waals surface area (Å²) in [7, 11) is 1.50. The van der Waals surface area contributed by atoms with Gasteiger partial charge in [-0.1, -0.05) is 23.8 Å². The van der Waals surface area contributed by atoms with Crippen molar-refractivity contribution in [3.8, 4) is 5.75 Å². The van der Waals surface area contributed by atoms with Gasteiger partial charge in [-0.25, -0.2) is 8.78 Å². The van der Waals surface area contributed by atoms with Crippen molar-refractivity contribution in [1.29, 1.82) is 0 Å². The van der Waals surface area contributed by atoms with Crippen LogP contribution in [0, 0.1) is 25.5 Å². The standard InChI is InChI=1S/C16H17F2NO/c1-9-4-7-13(20-3)11(8-9)16(19)14-12(17)6-5-10(2)15(14)18/h4-8,16H,19H2,1-3H3. The molecule has 2 aromatic carbocycles. The van der Waals surface area contributed by atoms with E-state index < -0.39 is 17.7 Å². The number of hydrogen-bond acceptors (Lipinski definition) is 2. The Bertz CT molecular complexity index is 641. The summed E-state index contributed by atoms with van der Waals surface area (Å²) in [6.07, 6.45) is 0. The molecule has 106 valence electrons. The number of ether oxygens (including phenoxy) is 1. The van der Waals surface area contributed by atoms with Crippen molar-refractivity contribution in [3.63, 3.8) is 0 Å². The average molecular weight is 277 g/mol. The first kappa shape index (κ1) is 14.5. The number of rotatable bonds is 3. The van der Waals surface area contributed by atoms with Gasteiger partial charge in [-0.2, -0.15) is 0 Å². The van der Waals surface area contributed by atoms with Gasteiger partial charge < -0.3 is 10.5 Å². The van der Waals surface area contributed by atoms with Gasteiger partial charge in [0.05, 0.1) is 13.2 Å². The molecule has 0 radical (unpaired) electrons. The van der Waals surface area contributed by atoms with Crippen molar-refractivity contribution >= 4 is 0 Å². The molecule has 2 rings (SSSR count). The maximum atomic E-state index is 14.2. The minimum absolute atomic E-state index is 0.131. The van der Waals surface area contributed by atoms with Gasteiger partial charge in [0.1, 0.15) is 17.4 Å². The fourth-order valence-electron chi connectivity index (χ4n) is 2.22. The topological polar surface area (TPSA) is 35.2 Å². The van der Waals surface area contributed by atoms with E-state index in [2.05, 4.69) is 0 Å². The second-order valence-electron chi connectivity index (χ2n) is 4.82. The molecule has 0 aliphatic heterocycles. The highest BCUT2D eigenvalue weighted by atomic mass is 19.1. The Morgan fingerprint density at radius 1 is 1.10 bits per heavy atom. The van der Waals surface area contributed by atoms with Crippen LogP contribution in [0.5, 0.6) is 5.75 Å². The van der Waals surface area contributed by atoms with Crippen LogP contribution in [0.3, 0.4) is 0 Å². The second-order valence-corrected chi connectivity index (χ2v) is 4.82. The number of benzene rings is 2. The fraction of sp³-hybridized carbons (Fsp3) is 0.250. The SMILES string of the molecule is COc1ccc(C)cc1C(N)c1c(F)ccc(C)c1F. The summed E-state index contributed by atoms with van der Waals surface area (Å²) in [6.45, 7) is 3.47. The van der Waals surface area contributed by atoms with Gasteiger partial charge in [0, 0.05) is 11.1 Å². The first-order valence-electron chi connectivity index (χ1n) is 6.30. The molecule has 0 saturated carbocycles. The molecule has 0 amide bonds. The Kier molecular flexibility index (Phi) is 4.04. The predicted octanol–water partition coefficient (Wildman–Crippen LogP) is 3.64. The molecule has 0 aromatic heterocycles. The van der Waals surface area contributed by atoms with Crippen LogP contribution in [0.4, 0.5) is 8.78 Å². The van der Waals surface area contributed by atoms with Crippen molar-refractivity contribution < 1.29 is 13.5 Å². The lowest BCUT2D eigenvalue weighted by molar-refractivity contribution is 0.406. The van der Waals surface area contributed by atoms with Gasteiger partial charge in [0.2, 0.25) is 0 Å². The van der Waals surface area contributed by atoms with Crippen LogP contribution >= 0.6 is 0 Å². The Morgan fingerprint density at radius 3 is 2.45 bits per heavy atom. The highest BCUT2D eigenvalue weighted by molar-refractivity contribution is 5.45. The smallest absolute Gasteiger partial charge is 0.134 e. The summed E-state index contributed by atoms with van der Waals surface area (Å²) >= 11 is 0. The second kappa shape index (κ2) is 5.59. The minimum atomic E-state index is -0.912. The molecular weight excluding hydrogens is 260 g/mol. The van der Waals surface area contributed by atoms with E-state index in [4.69, 9.17) is 10.5 Å². The first-order valence-corrected chi connectivity index (χ1v) is 6.30. The van der Waals surface area contributed by atoms with E-state index in [1.54, 1.807) is 19.1 Å². The van der Waals surface area contributed by atoms with E-state index in [1.807, 2.05) is 13.0 Å². The quantitative estimate of drug-likeness (QED) is 0.929. The van der Waals surface area contributed by atoms with Gasteiger partial charge >= 0.3 is 0 Å². The molecule has 4 heteroatoms. The maximum absolute atomic E-state index is 14.2. The molecule has 1 atom stereocenters. The summed E-state index contributed by atoms with van der Waals surface area (Å²) < 4.78 is 33.3. The van der Waals surface area contributed by atoms with Crippen LogP contribution in [-0.2, 0) is 0 Å². The van der Waals surface area contributed by atoms with E-state index in [9.17, 15) is 8.78 Å². The van der Waals surface area contributed by atoms with E-state index in [0.29, 0.717) is 16.9 Å². The monoisotopic (exact) mass is 277 g/mol. The van der Waals surface area contributed by atoms with Crippen molar-refractivity contribution in [2.75, 3.05) is 7.11 Å². The maximum Gasteiger partial charge on any atom is 0.134 e. The number of halogens is 2. The summed E-state index contributed by atoms with van der Waals surface area (Å²) in [6, 6.07) is 7.10. The third-order valence-corrected chi connectivity index (χ3v) is 3.35. The van der Waals surface area contributed by atoms with Crippen LogP contribution in [0.1, 0.15) is 28.3 Å². The average Bonchev–Trinajstić information content (AvgIpc) is 2.43. The summed E-state index contributed by atoms with van der Waals surface area (Å²) in [5.74, 6) is -0.742. The van der Waals surface area contributed by atoms with E-state index in [1.165, 1.54) is 19.2 Å². The molecule has 2 N–H and O–H groups in total. The third kappa shape index (κ3) is 2.51. The molecule has 20 heavy (non-hydrogen) atoms. The zero-order valence-corrected chi connectivity index (χ0v) is 11.7. The Hall–Kier alpha value is -1.94. The van der Waals surface area contributed by atoms with Gasteiger partial charge in [0.25, 0.3) is 0 Å². The van der Waals surface area contributed by atoms with Crippen LogP contribution in [0.2, 0.25) is 0 Å². The number of hydrogen-bond donors (Lipinski definition) is 1. The summed E-state index contributed by atoms with van der Waals surface area (Å²) in [4.78, 5) is 0. The van der Waals surface area contributed by atoms with E-state index >= 15 is 0 Å². The lowest BCUT2D eigenvalue weighted by atomic mass is 9.95. The van der Waals surface area contributed by atoms with Crippen molar-refractivity contribution in [2.24, 2.45) is 5.73 Å². The van der Waals surface area contributed by atoms with Crippen molar-refractivity contribution in [1.82, 2.24) is 0 Å². The van der Waals surface area contributed by atoms with Crippen molar-refractivity contribution in [3.05, 3.63) is 64.2 Å². The zero-order chi connectivity index (χ0) is 14.9. The highest BCUT2D eigenvalue weighted by Gasteiger charge is 2.22. The molecule has 0 bridgehead atoms. The first-order chi connectivity index (χ1) is 9.45. The molecule has 0 fully saturated rings. The predicted molar refractivity (Wildman–Crippen MR) is 74.9 cm³/mol. The molecule has 0 aliphatic carbocycles.